The second kappa shape index (κ2) is 6.56. The van der Waals surface area contributed by atoms with E-state index in [0.29, 0.717) is 6.54 Å². The topological polar surface area (TPSA) is 32.3 Å². The minimum absolute atomic E-state index is 0.0149. The van der Waals surface area contributed by atoms with Gasteiger partial charge in [0.05, 0.1) is 5.70 Å². The number of amides is 1. The smallest absolute Gasteiger partial charge is 0.255 e. The molecule has 2 aliphatic carbocycles. The molecule has 1 aliphatic heterocycles. The summed E-state index contributed by atoms with van der Waals surface area (Å²) in [5.74, 6) is 1.18. The Labute approximate surface area is 154 Å². The summed E-state index contributed by atoms with van der Waals surface area (Å²) in [5, 5.41) is 3.73. The average molecular weight is 355 g/mol. The summed E-state index contributed by atoms with van der Waals surface area (Å²) < 4.78 is 0. The zero-order chi connectivity index (χ0) is 17.4. The number of fused-ring (bicyclic) bond motifs is 3. The minimum Gasteiger partial charge on any atom is -0.356 e. The lowest BCUT2D eigenvalue weighted by molar-refractivity contribution is -0.129. The Morgan fingerprint density at radius 1 is 1.36 bits per heavy atom. The van der Waals surface area contributed by atoms with Crippen LogP contribution in [0.4, 0.5) is 0 Å². The summed E-state index contributed by atoms with van der Waals surface area (Å²) in [6.07, 6.45) is 7.54. The molecule has 1 amide bonds. The van der Waals surface area contributed by atoms with Gasteiger partial charge in [-0.2, -0.15) is 0 Å². The summed E-state index contributed by atoms with van der Waals surface area (Å²) in [5.41, 5.74) is 4.76. The van der Waals surface area contributed by atoms with E-state index < -0.39 is 0 Å². The molecule has 1 atom stereocenters. The van der Waals surface area contributed by atoms with Crippen molar-refractivity contribution in [1.29, 1.82) is 0 Å². The SMILES string of the molecule is C=CCN1C(=O)C2=C(N[C@H]1SCC)c1ccccc1CC21CCCC1. The number of hydrogen-bond acceptors (Lipinski definition) is 3. The highest BCUT2D eigenvalue weighted by Gasteiger charge is 2.49. The van der Waals surface area contributed by atoms with Gasteiger partial charge < -0.3 is 10.2 Å². The Hall–Kier alpha value is -1.68. The molecule has 3 nitrogen and oxygen atoms in total. The van der Waals surface area contributed by atoms with Gasteiger partial charge in [-0.1, -0.05) is 50.1 Å². The van der Waals surface area contributed by atoms with Crippen LogP contribution in [-0.2, 0) is 11.2 Å². The summed E-state index contributed by atoms with van der Waals surface area (Å²) in [6.45, 7) is 6.60. The molecule has 1 fully saturated rings. The fourth-order valence-corrected chi connectivity index (χ4v) is 5.67. The van der Waals surface area contributed by atoms with E-state index in [9.17, 15) is 4.79 Å². The van der Waals surface area contributed by atoms with Crippen molar-refractivity contribution in [3.8, 4) is 0 Å². The molecule has 1 saturated carbocycles. The van der Waals surface area contributed by atoms with Gasteiger partial charge in [0, 0.05) is 23.1 Å². The Bertz CT molecular complexity index is 733. The minimum atomic E-state index is -0.0149. The monoisotopic (exact) mass is 354 g/mol. The molecule has 1 heterocycles. The molecule has 4 heteroatoms. The maximum Gasteiger partial charge on any atom is 0.255 e. The summed E-state index contributed by atoms with van der Waals surface area (Å²) in [7, 11) is 0. The van der Waals surface area contributed by atoms with Crippen LogP contribution in [0.5, 0.6) is 0 Å². The number of thioether (sulfide) groups is 1. The predicted octanol–water partition coefficient (Wildman–Crippen LogP) is 4.17. The van der Waals surface area contributed by atoms with E-state index >= 15 is 0 Å². The highest BCUT2D eigenvalue weighted by atomic mass is 32.2. The molecule has 1 spiro atoms. The van der Waals surface area contributed by atoms with Crippen molar-refractivity contribution in [3.63, 3.8) is 0 Å². The second-order valence-corrected chi connectivity index (χ2v) is 8.63. The van der Waals surface area contributed by atoms with Gasteiger partial charge in [0.1, 0.15) is 0 Å². The van der Waals surface area contributed by atoms with Crippen LogP contribution < -0.4 is 5.32 Å². The molecule has 3 aliphatic rings. The van der Waals surface area contributed by atoms with E-state index in [-0.39, 0.29) is 16.8 Å². The van der Waals surface area contributed by atoms with E-state index in [1.54, 1.807) is 11.8 Å². The normalized spacial score (nSPS) is 24.1. The van der Waals surface area contributed by atoms with Crippen molar-refractivity contribution in [2.45, 2.75) is 44.5 Å². The van der Waals surface area contributed by atoms with Gasteiger partial charge in [-0.25, -0.2) is 0 Å². The molecule has 132 valence electrons. The summed E-state index contributed by atoms with van der Waals surface area (Å²) >= 11 is 1.78. The van der Waals surface area contributed by atoms with Crippen molar-refractivity contribution < 1.29 is 4.79 Å². The van der Waals surface area contributed by atoms with Crippen molar-refractivity contribution in [2.24, 2.45) is 5.41 Å². The van der Waals surface area contributed by atoms with Gasteiger partial charge in [0.15, 0.2) is 5.50 Å². The molecule has 1 aromatic carbocycles. The highest BCUT2D eigenvalue weighted by Crippen LogP contribution is 2.54. The van der Waals surface area contributed by atoms with E-state index in [4.69, 9.17) is 0 Å². The molecule has 0 bridgehead atoms. The van der Waals surface area contributed by atoms with Crippen LogP contribution in [0, 0.1) is 5.41 Å². The van der Waals surface area contributed by atoms with Crippen LogP contribution in [-0.4, -0.2) is 28.6 Å². The van der Waals surface area contributed by atoms with E-state index in [1.165, 1.54) is 24.0 Å². The standard InChI is InChI=1S/C21H26N2OS/c1-3-13-23-19(24)17-18(22-20(23)25-4-2)16-10-6-5-9-15(16)14-21(17)11-7-8-12-21/h3,5-6,9-10,20,22H,1,4,7-8,11-14H2,2H3/t20-/m1/s1. The Balaban J connectivity index is 1.87. The molecule has 0 aromatic heterocycles. The maximum absolute atomic E-state index is 13.6. The first-order valence-corrected chi connectivity index (χ1v) is 10.4. The Kier molecular flexibility index (Phi) is 4.40. The molecular weight excluding hydrogens is 328 g/mol. The van der Waals surface area contributed by atoms with Crippen molar-refractivity contribution in [2.75, 3.05) is 12.3 Å². The molecule has 0 saturated heterocycles. The molecule has 0 radical (unpaired) electrons. The predicted molar refractivity (Wildman–Crippen MR) is 105 cm³/mol. The van der Waals surface area contributed by atoms with Crippen LogP contribution in [0.1, 0.15) is 43.7 Å². The molecular formula is C21H26N2OS. The first-order chi connectivity index (χ1) is 12.2. The highest BCUT2D eigenvalue weighted by molar-refractivity contribution is 7.99. The molecule has 1 N–H and O–H groups in total. The second-order valence-electron chi connectivity index (χ2n) is 7.27. The third-order valence-electron chi connectivity index (χ3n) is 5.83. The van der Waals surface area contributed by atoms with E-state index in [0.717, 1.165) is 36.3 Å². The largest absolute Gasteiger partial charge is 0.356 e. The lowest BCUT2D eigenvalue weighted by Crippen LogP contribution is -2.55. The number of carbonyl (C=O) groups excluding carboxylic acids is 1. The van der Waals surface area contributed by atoms with Crippen molar-refractivity contribution in [1.82, 2.24) is 10.2 Å². The van der Waals surface area contributed by atoms with Crippen LogP contribution in [0.15, 0.2) is 42.5 Å². The first kappa shape index (κ1) is 16.8. The maximum atomic E-state index is 13.6. The third kappa shape index (κ3) is 2.62. The summed E-state index contributed by atoms with van der Waals surface area (Å²) in [4.78, 5) is 15.5. The van der Waals surface area contributed by atoms with Crippen LogP contribution in [0.3, 0.4) is 0 Å². The number of hydrogen-bond donors (Lipinski definition) is 1. The number of rotatable bonds is 4. The fraction of sp³-hybridized carbons (Fsp3) is 0.476. The Morgan fingerprint density at radius 3 is 2.84 bits per heavy atom. The van der Waals surface area contributed by atoms with Gasteiger partial charge in [-0.15, -0.1) is 18.3 Å². The summed E-state index contributed by atoms with van der Waals surface area (Å²) in [6, 6.07) is 8.62. The molecule has 4 rings (SSSR count). The zero-order valence-electron chi connectivity index (χ0n) is 14.9. The van der Waals surface area contributed by atoms with Gasteiger partial charge in [-0.05, 0) is 30.6 Å². The van der Waals surface area contributed by atoms with Gasteiger partial charge in [0.25, 0.3) is 5.91 Å². The van der Waals surface area contributed by atoms with Crippen molar-refractivity contribution >= 4 is 23.4 Å². The van der Waals surface area contributed by atoms with Crippen molar-refractivity contribution in [3.05, 3.63) is 53.6 Å². The lowest BCUT2D eigenvalue weighted by Gasteiger charge is -2.46. The number of benzene rings is 1. The number of carbonyl (C=O) groups is 1. The van der Waals surface area contributed by atoms with Gasteiger partial charge >= 0.3 is 0 Å². The molecule has 1 aromatic rings. The third-order valence-corrected chi connectivity index (χ3v) is 6.85. The Morgan fingerprint density at radius 2 is 2.12 bits per heavy atom. The lowest BCUT2D eigenvalue weighted by atomic mass is 9.67. The molecule has 25 heavy (non-hydrogen) atoms. The van der Waals surface area contributed by atoms with Crippen LogP contribution in [0.2, 0.25) is 0 Å². The van der Waals surface area contributed by atoms with E-state index in [1.807, 2.05) is 11.0 Å². The number of nitrogens with zero attached hydrogens (tertiary/aromatic N) is 1. The van der Waals surface area contributed by atoms with Crippen LogP contribution >= 0.6 is 11.8 Å². The first-order valence-electron chi connectivity index (χ1n) is 9.33. The van der Waals surface area contributed by atoms with Gasteiger partial charge in [-0.3, -0.25) is 4.79 Å². The van der Waals surface area contributed by atoms with Gasteiger partial charge in [0.2, 0.25) is 0 Å². The quantitative estimate of drug-likeness (QED) is 0.824. The van der Waals surface area contributed by atoms with E-state index in [2.05, 4.69) is 43.1 Å². The fourth-order valence-electron chi connectivity index (χ4n) is 4.79. The molecule has 0 unspecified atom stereocenters. The average Bonchev–Trinajstić information content (AvgIpc) is 3.07. The van der Waals surface area contributed by atoms with Crippen LogP contribution in [0.25, 0.3) is 5.70 Å². The number of nitrogens with one attached hydrogen (secondary N) is 1. The zero-order valence-corrected chi connectivity index (χ0v) is 15.7.